The highest BCUT2D eigenvalue weighted by atomic mass is 19.1. The van der Waals surface area contributed by atoms with Crippen LogP contribution in [-0.2, 0) is 17.9 Å². The Kier molecular flexibility index (Phi) is 5.56. The van der Waals surface area contributed by atoms with Crippen LogP contribution in [0.4, 0.5) is 18.9 Å². The van der Waals surface area contributed by atoms with Crippen molar-refractivity contribution in [3.05, 3.63) is 93.4 Å². The highest BCUT2D eigenvalue weighted by molar-refractivity contribution is 5.91. The predicted molar refractivity (Wildman–Crippen MR) is 114 cm³/mol. The number of fused-ring (bicyclic) bond motifs is 1. The molecule has 4 rings (SSSR count). The van der Waals surface area contributed by atoms with Gasteiger partial charge in [0.05, 0.1) is 23.8 Å². The van der Waals surface area contributed by atoms with Gasteiger partial charge in [0.1, 0.15) is 24.0 Å². The summed E-state index contributed by atoms with van der Waals surface area (Å²) in [6.45, 7) is 3.34. The van der Waals surface area contributed by atoms with E-state index >= 15 is 0 Å². The Hall–Kier alpha value is -3.88. The van der Waals surface area contributed by atoms with Crippen LogP contribution in [0.15, 0.2) is 53.5 Å². The number of nitrogens with one attached hydrogen (secondary N) is 1. The zero-order valence-electron chi connectivity index (χ0n) is 17.3. The van der Waals surface area contributed by atoms with Crippen LogP contribution in [0.3, 0.4) is 0 Å². The van der Waals surface area contributed by atoms with E-state index in [0.717, 1.165) is 22.5 Å². The molecule has 0 aliphatic heterocycles. The molecule has 9 heteroatoms. The maximum Gasteiger partial charge on any atom is 0.276 e. The zero-order chi connectivity index (χ0) is 23.0. The summed E-state index contributed by atoms with van der Waals surface area (Å²) in [5, 5.41) is 7.34. The summed E-state index contributed by atoms with van der Waals surface area (Å²) in [5.41, 5.74) is 1.15. The van der Waals surface area contributed by atoms with Gasteiger partial charge in [-0.25, -0.2) is 17.9 Å². The van der Waals surface area contributed by atoms with Crippen molar-refractivity contribution in [1.82, 2.24) is 14.3 Å². The molecule has 0 saturated heterocycles. The van der Waals surface area contributed by atoms with Gasteiger partial charge in [0, 0.05) is 28.4 Å². The van der Waals surface area contributed by atoms with E-state index in [1.807, 2.05) is 11.5 Å². The molecular formula is C23H19F3N4O2. The molecule has 0 aliphatic carbocycles. The number of amides is 1. The van der Waals surface area contributed by atoms with Gasteiger partial charge in [-0.05, 0) is 32.0 Å². The van der Waals surface area contributed by atoms with Crippen LogP contribution in [0.1, 0.15) is 17.0 Å². The second kappa shape index (κ2) is 8.33. The lowest BCUT2D eigenvalue weighted by molar-refractivity contribution is -0.117. The van der Waals surface area contributed by atoms with E-state index in [1.54, 1.807) is 25.1 Å². The second-order valence-corrected chi connectivity index (χ2v) is 7.42. The predicted octanol–water partition coefficient (Wildman–Crippen LogP) is 3.92. The first kappa shape index (κ1) is 21.4. The molecule has 4 aromatic rings. The lowest BCUT2D eigenvalue weighted by Gasteiger charge is -2.10. The molecule has 2 aromatic carbocycles. The Morgan fingerprint density at radius 2 is 1.78 bits per heavy atom. The Balaban J connectivity index is 1.65. The van der Waals surface area contributed by atoms with Gasteiger partial charge in [-0.3, -0.25) is 9.59 Å². The summed E-state index contributed by atoms with van der Waals surface area (Å²) in [6.07, 6.45) is 1.47. The molecule has 0 bridgehead atoms. The van der Waals surface area contributed by atoms with Crippen molar-refractivity contribution >= 4 is 22.4 Å². The molecule has 0 spiro atoms. The fourth-order valence-electron chi connectivity index (χ4n) is 3.71. The highest BCUT2D eigenvalue weighted by Gasteiger charge is 2.18. The summed E-state index contributed by atoms with van der Waals surface area (Å²) in [5.74, 6) is -2.73. The fourth-order valence-corrected chi connectivity index (χ4v) is 3.71. The number of aryl methyl sites for hydroxylation is 2. The Bertz CT molecular complexity index is 1410. The smallest absolute Gasteiger partial charge is 0.276 e. The summed E-state index contributed by atoms with van der Waals surface area (Å²) < 4.78 is 43.7. The molecule has 2 heterocycles. The van der Waals surface area contributed by atoms with Crippen molar-refractivity contribution in [2.45, 2.75) is 26.9 Å². The maximum absolute atomic E-state index is 14.1. The van der Waals surface area contributed by atoms with Crippen LogP contribution in [0.25, 0.3) is 10.8 Å². The van der Waals surface area contributed by atoms with Crippen molar-refractivity contribution in [3.63, 3.8) is 0 Å². The number of anilines is 1. The molecule has 2 aromatic heterocycles. The number of carbonyl (C=O) groups is 1. The third kappa shape index (κ3) is 3.89. The molecule has 0 fully saturated rings. The van der Waals surface area contributed by atoms with Gasteiger partial charge in [-0.1, -0.05) is 18.2 Å². The molecule has 0 unspecified atom stereocenters. The maximum atomic E-state index is 14.1. The lowest BCUT2D eigenvalue weighted by atomic mass is 10.2. The number of rotatable bonds is 5. The molecule has 0 radical (unpaired) electrons. The van der Waals surface area contributed by atoms with E-state index in [-0.39, 0.29) is 18.0 Å². The normalized spacial score (nSPS) is 11.2. The van der Waals surface area contributed by atoms with Crippen molar-refractivity contribution in [3.8, 4) is 0 Å². The van der Waals surface area contributed by atoms with Gasteiger partial charge in [-0.15, -0.1) is 0 Å². The summed E-state index contributed by atoms with van der Waals surface area (Å²) >= 11 is 0. The molecule has 0 aliphatic rings. The standard InChI is InChI=1S/C23H19F3N4O2/c1-13-17-10-27-30(12-21(31)28-20-8-7-16(24)9-19(20)26)23(32)22(17)14(2)29(13)11-15-5-3-4-6-18(15)25/h3-10H,11-12H2,1-2H3,(H,28,31). The zero-order valence-corrected chi connectivity index (χ0v) is 17.3. The molecule has 0 atom stereocenters. The summed E-state index contributed by atoms with van der Waals surface area (Å²) in [6, 6.07) is 9.16. The number of carbonyl (C=O) groups excluding carboxylic acids is 1. The minimum Gasteiger partial charge on any atom is -0.343 e. The van der Waals surface area contributed by atoms with Gasteiger partial charge in [0.15, 0.2) is 0 Å². The monoisotopic (exact) mass is 440 g/mol. The summed E-state index contributed by atoms with van der Waals surface area (Å²) in [4.78, 5) is 25.4. The lowest BCUT2D eigenvalue weighted by Crippen LogP contribution is -2.29. The Labute approximate surface area is 180 Å². The summed E-state index contributed by atoms with van der Waals surface area (Å²) in [7, 11) is 0. The van der Waals surface area contributed by atoms with E-state index in [9.17, 15) is 22.8 Å². The number of nitrogens with zero attached hydrogens (tertiary/aromatic N) is 3. The van der Waals surface area contributed by atoms with Crippen LogP contribution in [0.2, 0.25) is 0 Å². The quantitative estimate of drug-likeness (QED) is 0.512. The first-order valence-corrected chi connectivity index (χ1v) is 9.80. The topological polar surface area (TPSA) is 68.9 Å². The minimum atomic E-state index is -0.925. The molecule has 1 amide bonds. The van der Waals surface area contributed by atoms with Gasteiger partial charge in [0.2, 0.25) is 5.91 Å². The second-order valence-electron chi connectivity index (χ2n) is 7.42. The van der Waals surface area contributed by atoms with Crippen molar-refractivity contribution in [1.29, 1.82) is 0 Å². The molecule has 6 nitrogen and oxygen atoms in total. The Morgan fingerprint density at radius 1 is 1.03 bits per heavy atom. The average Bonchev–Trinajstić information content (AvgIpc) is 2.99. The fraction of sp³-hybridized carbons (Fsp3) is 0.174. The number of hydrogen-bond donors (Lipinski definition) is 1. The number of hydrogen-bond acceptors (Lipinski definition) is 3. The molecule has 32 heavy (non-hydrogen) atoms. The molecule has 164 valence electrons. The van der Waals surface area contributed by atoms with E-state index in [2.05, 4.69) is 10.4 Å². The number of halogens is 3. The first-order chi connectivity index (χ1) is 15.3. The molecular weight excluding hydrogens is 421 g/mol. The SMILES string of the molecule is Cc1c2cnn(CC(=O)Nc3ccc(F)cc3F)c(=O)c2c(C)n1Cc1ccccc1F. The van der Waals surface area contributed by atoms with Crippen LogP contribution in [0, 0.1) is 31.3 Å². The van der Waals surface area contributed by atoms with Gasteiger partial charge < -0.3 is 9.88 Å². The van der Waals surface area contributed by atoms with Gasteiger partial charge in [-0.2, -0.15) is 5.10 Å². The van der Waals surface area contributed by atoms with Gasteiger partial charge >= 0.3 is 0 Å². The van der Waals surface area contributed by atoms with Crippen LogP contribution in [-0.4, -0.2) is 20.3 Å². The number of benzene rings is 2. The van der Waals surface area contributed by atoms with Crippen LogP contribution in [0.5, 0.6) is 0 Å². The van der Waals surface area contributed by atoms with Crippen molar-refractivity contribution in [2.24, 2.45) is 0 Å². The molecule has 0 saturated carbocycles. The third-order valence-corrected chi connectivity index (χ3v) is 5.39. The average molecular weight is 440 g/mol. The first-order valence-electron chi connectivity index (χ1n) is 9.80. The van der Waals surface area contributed by atoms with E-state index in [4.69, 9.17) is 0 Å². The van der Waals surface area contributed by atoms with Crippen LogP contribution < -0.4 is 10.9 Å². The highest BCUT2D eigenvalue weighted by Crippen LogP contribution is 2.24. The van der Waals surface area contributed by atoms with Crippen molar-refractivity contribution in [2.75, 3.05) is 5.32 Å². The van der Waals surface area contributed by atoms with Crippen molar-refractivity contribution < 1.29 is 18.0 Å². The largest absolute Gasteiger partial charge is 0.343 e. The number of aromatic nitrogens is 3. The van der Waals surface area contributed by atoms with E-state index in [1.165, 1.54) is 12.3 Å². The molecule has 1 N–H and O–H groups in total. The van der Waals surface area contributed by atoms with Crippen LogP contribution >= 0.6 is 0 Å². The van der Waals surface area contributed by atoms with E-state index in [0.29, 0.717) is 28.1 Å². The van der Waals surface area contributed by atoms with Gasteiger partial charge in [0.25, 0.3) is 5.56 Å². The Morgan fingerprint density at radius 3 is 2.50 bits per heavy atom. The third-order valence-electron chi connectivity index (χ3n) is 5.39. The minimum absolute atomic E-state index is 0.200. The van der Waals surface area contributed by atoms with E-state index < -0.39 is 29.6 Å².